The van der Waals surface area contributed by atoms with Crippen LogP contribution in [0.4, 0.5) is 0 Å². The van der Waals surface area contributed by atoms with Crippen molar-refractivity contribution in [1.82, 2.24) is 15.2 Å². The van der Waals surface area contributed by atoms with Gasteiger partial charge in [-0.3, -0.25) is 5.10 Å². The maximum absolute atomic E-state index is 3.95. The smallest absolute Gasteiger partial charge is 0.0671 e. The van der Waals surface area contributed by atoms with Crippen molar-refractivity contribution in [2.75, 3.05) is 0 Å². The van der Waals surface area contributed by atoms with Crippen molar-refractivity contribution >= 4 is 10.9 Å². The third-order valence-electron chi connectivity index (χ3n) is 2.38. The van der Waals surface area contributed by atoms with E-state index in [1.165, 1.54) is 5.39 Å². The Hall–Kier alpha value is -2.03. The fraction of sp³-hybridized carbons (Fsp3) is 0. The SMILES string of the molecule is c1cc(-c2ccn[nH]2)c2[nH]ccc2c1. The molecule has 2 heterocycles. The fourth-order valence-electron chi connectivity index (χ4n) is 1.72. The van der Waals surface area contributed by atoms with E-state index in [1.807, 2.05) is 18.3 Å². The lowest BCUT2D eigenvalue weighted by Gasteiger charge is -1.99. The van der Waals surface area contributed by atoms with Crippen LogP contribution in [-0.2, 0) is 0 Å². The first-order chi connectivity index (χ1) is 6.95. The fourth-order valence-corrected chi connectivity index (χ4v) is 1.72. The number of aromatic amines is 2. The summed E-state index contributed by atoms with van der Waals surface area (Å²) in [5, 5.41) is 8.14. The van der Waals surface area contributed by atoms with E-state index >= 15 is 0 Å². The van der Waals surface area contributed by atoms with Gasteiger partial charge in [0.1, 0.15) is 0 Å². The molecule has 0 unspecified atom stereocenters. The summed E-state index contributed by atoms with van der Waals surface area (Å²) >= 11 is 0. The third kappa shape index (κ3) is 0.956. The molecule has 0 aliphatic carbocycles. The molecule has 1 aromatic carbocycles. The number of H-pyrrole nitrogens is 2. The van der Waals surface area contributed by atoms with Gasteiger partial charge < -0.3 is 4.98 Å². The van der Waals surface area contributed by atoms with Gasteiger partial charge in [-0.1, -0.05) is 18.2 Å². The highest BCUT2D eigenvalue weighted by atomic mass is 15.1. The minimum Gasteiger partial charge on any atom is -0.361 e. The van der Waals surface area contributed by atoms with E-state index in [1.54, 1.807) is 6.20 Å². The standard InChI is InChI=1S/C11H9N3/c1-2-8-4-6-12-11(8)9(3-1)10-5-7-13-14-10/h1-7,12H,(H,13,14). The number of rotatable bonds is 1. The Morgan fingerprint density at radius 1 is 1.07 bits per heavy atom. The van der Waals surface area contributed by atoms with Gasteiger partial charge in [0.25, 0.3) is 0 Å². The molecule has 3 nitrogen and oxygen atoms in total. The molecule has 3 rings (SSSR count). The molecule has 2 aromatic heterocycles. The van der Waals surface area contributed by atoms with Crippen molar-refractivity contribution in [3.05, 3.63) is 42.7 Å². The van der Waals surface area contributed by atoms with Crippen LogP contribution in [0.15, 0.2) is 42.7 Å². The zero-order valence-corrected chi connectivity index (χ0v) is 7.49. The number of hydrogen-bond donors (Lipinski definition) is 2. The summed E-state index contributed by atoms with van der Waals surface area (Å²) in [7, 11) is 0. The van der Waals surface area contributed by atoms with E-state index in [9.17, 15) is 0 Å². The molecule has 68 valence electrons. The molecule has 3 heteroatoms. The van der Waals surface area contributed by atoms with Crippen molar-refractivity contribution in [2.24, 2.45) is 0 Å². The van der Waals surface area contributed by atoms with Crippen LogP contribution in [0, 0.1) is 0 Å². The number of aromatic nitrogens is 3. The van der Waals surface area contributed by atoms with Crippen LogP contribution in [-0.4, -0.2) is 15.2 Å². The van der Waals surface area contributed by atoms with E-state index in [4.69, 9.17) is 0 Å². The lowest BCUT2D eigenvalue weighted by atomic mass is 10.1. The summed E-state index contributed by atoms with van der Waals surface area (Å²) in [6.07, 6.45) is 3.71. The van der Waals surface area contributed by atoms with Crippen LogP contribution < -0.4 is 0 Å². The van der Waals surface area contributed by atoms with E-state index in [2.05, 4.69) is 33.4 Å². The zero-order valence-electron chi connectivity index (χ0n) is 7.49. The Morgan fingerprint density at radius 3 is 2.93 bits per heavy atom. The highest BCUT2D eigenvalue weighted by Crippen LogP contribution is 2.25. The lowest BCUT2D eigenvalue weighted by Crippen LogP contribution is -1.80. The predicted molar refractivity (Wildman–Crippen MR) is 55.9 cm³/mol. The van der Waals surface area contributed by atoms with Gasteiger partial charge in [-0.25, -0.2) is 0 Å². The van der Waals surface area contributed by atoms with E-state index < -0.39 is 0 Å². The van der Waals surface area contributed by atoms with Gasteiger partial charge >= 0.3 is 0 Å². The van der Waals surface area contributed by atoms with Gasteiger partial charge in [-0.15, -0.1) is 0 Å². The summed E-state index contributed by atoms with van der Waals surface area (Å²) in [6.45, 7) is 0. The summed E-state index contributed by atoms with van der Waals surface area (Å²) in [5.41, 5.74) is 3.35. The van der Waals surface area contributed by atoms with Gasteiger partial charge in [0.15, 0.2) is 0 Å². The normalized spacial score (nSPS) is 10.9. The molecule has 14 heavy (non-hydrogen) atoms. The Bertz CT molecular complexity index is 549. The summed E-state index contributed by atoms with van der Waals surface area (Å²) in [5.74, 6) is 0. The molecule has 0 saturated heterocycles. The van der Waals surface area contributed by atoms with Crippen molar-refractivity contribution in [3.8, 4) is 11.3 Å². The third-order valence-corrected chi connectivity index (χ3v) is 2.38. The largest absolute Gasteiger partial charge is 0.361 e. The molecule has 0 aliphatic rings. The van der Waals surface area contributed by atoms with Crippen molar-refractivity contribution < 1.29 is 0 Å². The first kappa shape index (κ1) is 7.38. The molecular formula is C11H9N3. The number of nitrogens with zero attached hydrogens (tertiary/aromatic N) is 1. The molecule has 0 radical (unpaired) electrons. The van der Waals surface area contributed by atoms with Crippen molar-refractivity contribution in [1.29, 1.82) is 0 Å². The van der Waals surface area contributed by atoms with Crippen molar-refractivity contribution in [2.45, 2.75) is 0 Å². The van der Waals surface area contributed by atoms with E-state index in [0.29, 0.717) is 0 Å². The highest BCUT2D eigenvalue weighted by molar-refractivity contribution is 5.92. The van der Waals surface area contributed by atoms with Crippen LogP contribution in [0.25, 0.3) is 22.2 Å². The van der Waals surface area contributed by atoms with Crippen LogP contribution >= 0.6 is 0 Å². The Balaban J connectivity index is 2.36. The maximum Gasteiger partial charge on any atom is 0.0671 e. The summed E-state index contributed by atoms with van der Waals surface area (Å²) < 4.78 is 0. The lowest BCUT2D eigenvalue weighted by molar-refractivity contribution is 1.10. The Kier molecular flexibility index (Phi) is 1.44. The molecule has 2 N–H and O–H groups in total. The number of hydrogen-bond acceptors (Lipinski definition) is 1. The Labute approximate surface area is 80.8 Å². The molecule has 0 atom stereocenters. The topological polar surface area (TPSA) is 44.5 Å². The minimum atomic E-state index is 1.04. The molecule has 3 aromatic rings. The molecule has 0 spiro atoms. The molecule has 0 saturated carbocycles. The van der Waals surface area contributed by atoms with Gasteiger partial charge in [-0.05, 0) is 12.1 Å². The van der Waals surface area contributed by atoms with E-state index in [-0.39, 0.29) is 0 Å². The molecule has 0 amide bonds. The van der Waals surface area contributed by atoms with Gasteiger partial charge in [0.2, 0.25) is 0 Å². The van der Waals surface area contributed by atoms with Crippen LogP contribution in [0.3, 0.4) is 0 Å². The van der Waals surface area contributed by atoms with Crippen molar-refractivity contribution in [3.63, 3.8) is 0 Å². The average Bonchev–Trinajstić information content (AvgIpc) is 2.88. The maximum atomic E-state index is 3.95. The predicted octanol–water partition coefficient (Wildman–Crippen LogP) is 2.56. The number of nitrogens with one attached hydrogen (secondary N) is 2. The number of fused-ring (bicyclic) bond motifs is 1. The molecule has 0 aliphatic heterocycles. The minimum absolute atomic E-state index is 1.04. The first-order valence-corrected chi connectivity index (χ1v) is 4.51. The average molecular weight is 183 g/mol. The molecule has 0 fully saturated rings. The second-order valence-electron chi connectivity index (χ2n) is 3.22. The van der Waals surface area contributed by atoms with E-state index in [0.717, 1.165) is 16.8 Å². The molecular weight excluding hydrogens is 174 g/mol. The van der Waals surface area contributed by atoms with Crippen LogP contribution in [0.2, 0.25) is 0 Å². The second kappa shape index (κ2) is 2.73. The van der Waals surface area contributed by atoms with Crippen LogP contribution in [0.5, 0.6) is 0 Å². The summed E-state index contributed by atoms with van der Waals surface area (Å²) in [6, 6.07) is 10.2. The summed E-state index contributed by atoms with van der Waals surface area (Å²) in [4.78, 5) is 3.23. The zero-order chi connectivity index (χ0) is 9.38. The van der Waals surface area contributed by atoms with Gasteiger partial charge in [-0.2, -0.15) is 5.10 Å². The number of benzene rings is 1. The van der Waals surface area contributed by atoms with Crippen LogP contribution in [0.1, 0.15) is 0 Å². The van der Waals surface area contributed by atoms with Gasteiger partial charge in [0.05, 0.1) is 11.2 Å². The quantitative estimate of drug-likeness (QED) is 0.598. The Morgan fingerprint density at radius 2 is 2.07 bits per heavy atom. The highest BCUT2D eigenvalue weighted by Gasteiger charge is 2.04. The monoisotopic (exact) mass is 183 g/mol. The second-order valence-corrected chi connectivity index (χ2v) is 3.22. The van der Waals surface area contributed by atoms with Gasteiger partial charge in [0, 0.05) is 23.3 Å². The molecule has 0 bridgehead atoms. The number of para-hydroxylation sites is 1. The first-order valence-electron chi connectivity index (χ1n) is 4.51.